The van der Waals surface area contributed by atoms with Gasteiger partial charge < -0.3 is 5.32 Å². The molecule has 1 saturated carbocycles. The first kappa shape index (κ1) is 20.2. The van der Waals surface area contributed by atoms with Crippen molar-refractivity contribution >= 4 is 29.3 Å². The molecule has 152 valence electrons. The summed E-state index contributed by atoms with van der Waals surface area (Å²) in [5, 5.41) is 6.11. The molecule has 1 amide bonds. The molecule has 3 nitrogen and oxygen atoms in total. The van der Waals surface area contributed by atoms with Gasteiger partial charge in [-0.2, -0.15) is 0 Å². The van der Waals surface area contributed by atoms with E-state index in [2.05, 4.69) is 49.5 Å². The molecule has 1 fully saturated rings. The van der Waals surface area contributed by atoms with Gasteiger partial charge in [-0.05, 0) is 80.0 Å². The molecule has 1 aliphatic heterocycles. The highest BCUT2D eigenvalue weighted by molar-refractivity contribution is 6.30. The van der Waals surface area contributed by atoms with Gasteiger partial charge in [0.2, 0.25) is 5.91 Å². The van der Waals surface area contributed by atoms with Crippen LogP contribution in [0.2, 0.25) is 5.02 Å². The summed E-state index contributed by atoms with van der Waals surface area (Å²) in [7, 11) is 0. The molecule has 2 aromatic rings. The van der Waals surface area contributed by atoms with E-state index in [9.17, 15) is 4.79 Å². The summed E-state index contributed by atoms with van der Waals surface area (Å²) in [6.07, 6.45) is 7.00. The minimum absolute atomic E-state index is 0.0183. The van der Waals surface area contributed by atoms with Crippen LogP contribution in [0.5, 0.6) is 0 Å². The lowest BCUT2D eigenvalue weighted by Crippen LogP contribution is -2.39. The molecule has 2 aliphatic rings. The van der Waals surface area contributed by atoms with Crippen LogP contribution >= 0.6 is 11.6 Å². The molecule has 1 heterocycles. The van der Waals surface area contributed by atoms with Crippen molar-refractivity contribution in [1.82, 2.24) is 0 Å². The molecule has 4 rings (SSSR count). The van der Waals surface area contributed by atoms with Gasteiger partial charge in [-0.3, -0.25) is 9.79 Å². The first-order valence-electron chi connectivity index (χ1n) is 10.7. The van der Waals surface area contributed by atoms with Crippen LogP contribution < -0.4 is 15.9 Å². The largest absolute Gasteiger partial charge is 0.326 e. The molecule has 4 heteroatoms. The Labute approximate surface area is 177 Å². The lowest BCUT2D eigenvalue weighted by molar-refractivity contribution is -0.121. The van der Waals surface area contributed by atoms with Crippen LogP contribution in [0.4, 0.5) is 5.69 Å². The summed E-state index contributed by atoms with van der Waals surface area (Å²) in [6.45, 7) is 4.31. The van der Waals surface area contributed by atoms with Crippen molar-refractivity contribution < 1.29 is 4.79 Å². The van der Waals surface area contributed by atoms with Crippen LogP contribution in [-0.4, -0.2) is 11.9 Å². The fourth-order valence-electron chi connectivity index (χ4n) is 4.96. The van der Waals surface area contributed by atoms with E-state index in [4.69, 9.17) is 16.6 Å². The Bertz CT molecular complexity index is 977. The number of amides is 1. The summed E-state index contributed by atoms with van der Waals surface area (Å²) in [6, 6.07) is 16.1. The van der Waals surface area contributed by atoms with Crippen LogP contribution in [0.3, 0.4) is 0 Å². The van der Waals surface area contributed by atoms with Crippen molar-refractivity contribution in [1.29, 1.82) is 0 Å². The number of hydrogen-bond donors (Lipinski definition) is 1. The van der Waals surface area contributed by atoms with Crippen molar-refractivity contribution in [3.8, 4) is 0 Å². The Balaban J connectivity index is 1.36. The lowest BCUT2D eigenvalue weighted by Gasteiger charge is -2.37. The van der Waals surface area contributed by atoms with Crippen molar-refractivity contribution in [2.45, 2.75) is 45.6 Å². The van der Waals surface area contributed by atoms with Gasteiger partial charge in [0, 0.05) is 22.5 Å². The lowest BCUT2D eigenvalue weighted by atomic mass is 9.70. The number of nitrogens with one attached hydrogen (secondary N) is 1. The molecule has 0 saturated heterocycles. The van der Waals surface area contributed by atoms with Crippen LogP contribution in [-0.2, 0) is 4.79 Å². The fourth-order valence-corrected chi connectivity index (χ4v) is 5.09. The number of carbonyl (C=O) groups is 1. The maximum Gasteiger partial charge on any atom is 0.227 e. The Morgan fingerprint density at radius 1 is 1.07 bits per heavy atom. The van der Waals surface area contributed by atoms with E-state index in [1.54, 1.807) is 12.1 Å². The van der Waals surface area contributed by atoms with E-state index in [0.29, 0.717) is 28.8 Å². The van der Waals surface area contributed by atoms with Crippen molar-refractivity contribution in [2.75, 3.05) is 5.32 Å². The molecule has 0 aromatic heterocycles. The summed E-state index contributed by atoms with van der Waals surface area (Å²) in [5.41, 5.74) is 0.811. The maximum absolute atomic E-state index is 12.7. The van der Waals surface area contributed by atoms with E-state index in [-0.39, 0.29) is 11.8 Å². The second-order valence-corrected chi connectivity index (χ2v) is 9.07. The Morgan fingerprint density at radius 3 is 2.48 bits per heavy atom. The average Bonchev–Trinajstić information content (AvgIpc) is 2.74. The SMILES string of the molecule is CC1N=c2ccccc2=CC1C1CCC(C(C)C(=O)Nc2ccc(Cl)cc2)CC1. The first-order chi connectivity index (χ1) is 14.0. The molecular formula is C25H29ClN2O. The second-order valence-electron chi connectivity index (χ2n) is 8.63. The third-order valence-corrected chi connectivity index (χ3v) is 7.05. The van der Waals surface area contributed by atoms with Gasteiger partial charge in [0.1, 0.15) is 0 Å². The number of hydrogen-bond acceptors (Lipinski definition) is 2. The zero-order valence-electron chi connectivity index (χ0n) is 17.1. The Morgan fingerprint density at radius 2 is 1.76 bits per heavy atom. The molecule has 29 heavy (non-hydrogen) atoms. The van der Waals surface area contributed by atoms with Gasteiger partial charge in [-0.1, -0.05) is 42.8 Å². The van der Waals surface area contributed by atoms with Crippen LogP contribution in [0.1, 0.15) is 39.5 Å². The normalized spacial score (nSPS) is 27.1. The number of carbonyl (C=O) groups excluding carboxylic acids is 1. The number of nitrogens with zero attached hydrogens (tertiary/aromatic N) is 1. The van der Waals surface area contributed by atoms with Gasteiger partial charge in [0.05, 0.1) is 11.4 Å². The van der Waals surface area contributed by atoms with Gasteiger partial charge in [-0.15, -0.1) is 0 Å². The van der Waals surface area contributed by atoms with Crippen LogP contribution in [0, 0.1) is 23.7 Å². The van der Waals surface area contributed by atoms with Crippen molar-refractivity contribution in [3.63, 3.8) is 0 Å². The Hall–Kier alpha value is -2.13. The Kier molecular flexibility index (Phi) is 6.05. The predicted octanol–water partition coefficient (Wildman–Crippen LogP) is 4.84. The van der Waals surface area contributed by atoms with E-state index in [1.807, 2.05) is 12.1 Å². The number of rotatable bonds is 4. The number of para-hydroxylation sites is 1. The predicted molar refractivity (Wildman–Crippen MR) is 119 cm³/mol. The minimum atomic E-state index is 0.0183. The van der Waals surface area contributed by atoms with Crippen LogP contribution in [0.15, 0.2) is 53.5 Å². The van der Waals surface area contributed by atoms with Gasteiger partial charge >= 0.3 is 0 Å². The smallest absolute Gasteiger partial charge is 0.227 e. The molecular weight excluding hydrogens is 380 g/mol. The molecule has 0 spiro atoms. The second kappa shape index (κ2) is 8.71. The molecule has 2 aromatic carbocycles. The highest BCUT2D eigenvalue weighted by atomic mass is 35.5. The van der Waals surface area contributed by atoms with E-state index >= 15 is 0 Å². The average molecular weight is 409 g/mol. The molecule has 1 N–H and O–H groups in total. The standard InChI is InChI=1S/C25H29ClN2O/c1-16(25(29)28-22-13-11-21(26)12-14-22)18-7-9-19(10-8-18)23-15-20-5-3-4-6-24(20)27-17(23)2/h3-6,11-19,23H,7-10H2,1-2H3,(H,28,29). The van der Waals surface area contributed by atoms with Crippen molar-refractivity contribution in [2.24, 2.45) is 28.7 Å². The van der Waals surface area contributed by atoms with E-state index < -0.39 is 0 Å². The molecule has 1 aliphatic carbocycles. The third-order valence-electron chi connectivity index (χ3n) is 6.80. The zero-order chi connectivity index (χ0) is 20.4. The van der Waals surface area contributed by atoms with Gasteiger partial charge in [-0.25, -0.2) is 0 Å². The number of fused-ring (bicyclic) bond motifs is 1. The highest BCUT2D eigenvalue weighted by Crippen LogP contribution is 2.39. The number of benzene rings is 2. The third kappa shape index (κ3) is 4.56. The minimum Gasteiger partial charge on any atom is -0.326 e. The summed E-state index contributed by atoms with van der Waals surface area (Å²) >= 11 is 5.93. The molecule has 3 unspecified atom stereocenters. The van der Waals surface area contributed by atoms with Gasteiger partial charge in [0.15, 0.2) is 0 Å². The summed E-state index contributed by atoms with van der Waals surface area (Å²) < 4.78 is 0. The quantitative estimate of drug-likeness (QED) is 0.772. The topological polar surface area (TPSA) is 41.5 Å². The van der Waals surface area contributed by atoms with E-state index in [0.717, 1.165) is 23.9 Å². The fraction of sp³-hybridized carbons (Fsp3) is 0.440. The summed E-state index contributed by atoms with van der Waals surface area (Å²) in [4.78, 5) is 17.6. The highest BCUT2D eigenvalue weighted by Gasteiger charge is 2.34. The van der Waals surface area contributed by atoms with E-state index in [1.165, 1.54) is 18.1 Å². The molecule has 0 bridgehead atoms. The van der Waals surface area contributed by atoms with Gasteiger partial charge in [0.25, 0.3) is 0 Å². The summed E-state index contributed by atoms with van der Waals surface area (Å²) in [5.74, 6) is 1.73. The molecule has 0 radical (unpaired) electrons. The first-order valence-corrected chi connectivity index (χ1v) is 11.1. The molecule has 3 atom stereocenters. The van der Waals surface area contributed by atoms with Crippen LogP contribution in [0.25, 0.3) is 6.08 Å². The maximum atomic E-state index is 12.7. The monoisotopic (exact) mass is 408 g/mol. The zero-order valence-corrected chi connectivity index (χ0v) is 17.9. The number of anilines is 1. The van der Waals surface area contributed by atoms with Crippen molar-refractivity contribution in [3.05, 3.63) is 64.1 Å². The number of halogens is 1.